The van der Waals surface area contributed by atoms with Crippen LogP contribution in [-0.2, 0) is 0 Å². The van der Waals surface area contributed by atoms with Crippen molar-refractivity contribution in [3.63, 3.8) is 0 Å². The van der Waals surface area contributed by atoms with E-state index in [0.29, 0.717) is 0 Å². The molecule has 0 saturated carbocycles. The monoisotopic (exact) mass is 264 g/mol. The van der Waals surface area contributed by atoms with Gasteiger partial charge >= 0.3 is 0 Å². The third-order valence-electron chi connectivity index (χ3n) is 1.97. The molecule has 0 bridgehead atoms. The van der Waals surface area contributed by atoms with E-state index in [1.165, 1.54) is 12.5 Å². The Kier molecular flexibility index (Phi) is 5.73. The number of rotatable bonds is 4. The van der Waals surface area contributed by atoms with Crippen LogP contribution in [0.1, 0.15) is 12.0 Å². The van der Waals surface area contributed by atoms with Crippen molar-refractivity contribution in [2.24, 2.45) is 4.99 Å². The second kappa shape index (κ2) is 7.31. The number of aliphatic hydroxyl groups is 2. The van der Waals surface area contributed by atoms with Gasteiger partial charge in [0.2, 0.25) is 5.95 Å². The van der Waals surface area contributed by atoms with Gasteiger partial charge in [0, 0.05) is 26.7 Å². The molecule has 7 heteroatoms. The van der Waals surface area contributed by atoms with Gasteiger partial charge in [-0.3, -0.25) is 4.79 Å². The molecule has 0 unspecified atom stereocenters. The van der Waals surface area contributed by atoms with Gasteiger partial charge in [0.15, 0.2) is 0 Å². The van der Waals surface area contributed by atoms with Gasteiger partial charge in [0.25, 0.3) is 5.56 Å². The molecule has 1 heterocycles. The Morgan fingerprint density at radius 3 is 2.95 bits per heavy atom. The zero-order valence-electron chi connectivity index (χ0n) is 10.8. The Morgan fingerprint density at radius 1 is 1.63 bits per heavy atom. The fourth-order valence-corrected chi connectivity index (χ4v) is 1.04. The van der Waals surface area contributed by atoms with Crippen LogP contribution < -0.4 is 5.56 Å². The molecule has 7 nitrogen and oxygen atoms in total. The minimum Gasteiger partial charge on any atom is -0.394 e. The molecule has 0 aliphatic carbocycles. The smallest absolute Gasteiger partial charge is 0.290 e. The Hall–Kier alpha value is -2.17. The van der Waals surface area contributed by atoms with Crippen molar-refractivity contribution in [2.45, 2.75) is 12.5 Å². The molecule has 1 rings (SSSR count). The van der Waals surface area contributed by atoms with Crippen LogP contribution in [0, 0.1) is 11.8 Å². The largest absolute Gasteiger partial charge is 0.394 e. The summed E-state index contributed by atoms with van der Waals surface area (Å²) in [7, 11) is 3.60. The van der Waals surface area contributed by atoms with E-state index in [1.807, 2.05) is 0 Å². The summed E-state index contributed by atoms with van der Waals surface area (Å²) in [5, 5.41) is 17.7. The first-order valence-electron chi connectivity index (χ1n) is 5.61. The highest BCUT2D eigenvalue weighted by molar-refractivity contribution is 5.57. The predicted octanol–water partition coefficient (Wildman–Crippen LogP) is -0.914. The first-order chi connectivity index (χ1) is 9.02. The molecule has 0 saturated heterocycles. The molecule has 0 amide bonds. The minimum absolute atomic E-state index is 0.0937. The minimum atomic E-state index is -0.900. The lowest BCUT2D eigenvalue weighted by atomic mass is 10.2. The molecule has 1 atom stereocenters. The van der Waals surface area contributed by atoms with Crippen LogP contribution in [0.5, 0.6) is 0 Å². The Bertz CT molecular complexity index is 554. The number of H-pyrrole nitrogens is 1. The van der Waals surface area contributed by atoms with E-state index >= 15 is 0 Å². The molecule has 0 aliphatic heterocycles. The lowest BCUT2D eigenvalue weighted by Crippen LogP contribution is -2.12. The van der Waals surface area contributed by atoms with Gasteiger partial charge in [-0.25, -0.2) is 4.99 Å². The summed E-state index contributed by atoms with van der Waals surface area (Å²) in [4.78, 5) is 23.7. The molecule has 0 radical (unpaired) electrons. The normalized spacial score (nSPS) is 12.0. The zero-order valence-corrected chi connectivity index (χ0v) is 10.8. The van der Waals surface area contributed by atoms with Crippen LogP contribution in [0.4, 0.5) is 5.95 Å². The average molecular weight is 264 g/mol. The summed E-state index contributed by atoms with van der Waals surface area (Å²) in [6.07, 6.45) is 2.12. The van der Waals surface area contributed by atoms with E-state index in [4.69, 9.17) is 10.2 Å². The topological polar surface area (TPSA) is 102 Å². The number of nitrogens with zero attached hydrogens (tertiary/aromatic N) is 3. The van der Waals surface area contributed by atoms with E-state index in [0.717, 1.165) is 0 Å². The highest BCUT2D eigenvalue weighted by atomic mass is 16.3. The van der Waals surface area contributed by atoms with E-state index < -0.39 is 11.7 Å². The lowest BCUT2D eigenvalue weighted by molar-refractivity contribution is 0.0992. The van der Waals surface area contributed by atoms with Crippen LogP contribution >= 0.6 is 0 Å². The van der Waals surface area contributed by atoms with Gasteiger partial charge in [0.1, 0.15) is 5.56 Å². The fraction of sp³-hybridized carbons (Fsp3) is 0.417. The van der Waals surface area contributed by atoms with E-state index in [9.17, 15) is 4.79 Å². The van der Waals surface area contributed by atoms with Crippen molar-refractivity contribution in [3.05, 3.63) is 22.1 Å². The predicted molar refractivity (Wildman–Crippen MR) is 71.3 cm³/mol. The van der Waals surface area contributed by atoms with Crippen molar-refractivity contribution >= 4 is 12.3 Å². The maximum atomic E-state index is 11.6. The second-order valence-corrected chi connectivity index (χ2v) is 3.99. The summed E-state index contributed by atoms with van der Waals surface area (Å²) in [6.45, 7) is -0.360. The molecule has 0 aromatic carbocycles. The number of nitrogens with one attached hydrogen (secondary N) is 1. The van der Waals surface area contributed by atoms with Crippen LogP contribution in [0.25, 0.3) is 0 Å². The van der Waals surface area contributed by atoms with Gasteiger partial charge in [-0.15, -0.1) is 0 Å². The van der Waals surface area contributed by atoms with E-state index in [2.05, 4.69) is 26.8 Å². The maximum Gasteiger partial charge on any atom is 0.290 e. The maximum absolute atomic E-state index is 11.6. The van der Waals surface area contributed by atoms with Crippen molar-refractivity contribution in [1.82, 2.24) is 14.9 Å². The van der Waals surface area contributed by atoms with Gasteiger partial charge in [0.05, 0.1) is 19.0 Å². The van der Waals surface area contributed by atoms with Crippen LogP contribution in [-0.4, -0.2) is 58.2 Å². The molecule has 0 fully saturated rings. The van der Waals surface area contributed by atoms with Crippen LogP contribution in [0.15, 0.2) is 16.0 Å². The van der Waals surface area contributed by atoms with Crippen LogP contribution in [0.2, 0.25) is 0 Å². The summed E-state index contributed by atoms with van der Waals surface area (Å²) in [6, 6.07) is 0. The Balaban J connectivity index is 2.81. The van der Waals surface area contributed by atoms with Crippen molar-refractivity contribution in [1.29, 1.82) is 0 Å². The Labute approximate surface area is 110 Å². The van der Waals surface area contributed by atoms with Crippen molar-refractivity contribution in [2.75, 3.05) is 20.7 Å². The summed E-state index contributed by atoms with van der Waals surface area (Å²) < 4.78 is 0. The Morgan fingerprint density at radius 2 is 2.37 bits per heavy atom. The van der Waals surface area contributed by atoms with Crippen LogP contribution in [0.3, 0.4) is 0 Å². The molecule has 1 aromatic rings. The van der Waals surface area contributed by atoms with Gasteiger partial charge < -0.3 is 20.1 Å². The molecule has 3 N–H and O–H groups in total. The number of aromatic nitrogens is 2. The molecule has 19 heavy (non-hydrogen) atoms. The lowest BCUT2D eigenvalue weighted by Gasteiger charge is -2.01. The number of aromatic amines is 1. The molecule has 1 aromatic heterocycles. The zero-order chi connectivity index (χ0) is 14.3. The summed E-state index contributed by atoms with van der Waals surface area (Å²) >= 11 is 0. The molecular weight excluding hydrogens is 248 g/mol. The highest BCUT2D eigenvalue weighted by Gasteiger charge is 2.00. The standard InChI is InChI=1S/C12H16N4O3/c1-16(2)8-14-12-13-6-9(11(19)15-12)4-3-5-10(18)7-17/h6,8,10,17-18H,5,7H2,1-2H3,(H,13,15,19)/t10-/m0/s1. The van der Waals surface area contributed by atoms with E-state index in [1.54, 1.807) is 19.0 Å². The first kappa shape index (κ1) is 14.9. The van der Waals surface area contributed by atoms with Gasteiger partial charge in [-0.1, -0.05) is 11.8 Å². The number of hydrogen-bond donors (Lipinski definition) is 3. The highest BCUT2D eigenvalue weighted by Crippen LogP contribution is 1.98. The van der Waals surface area contributed by atoms with E-state index in [-0.39, 0.29) is 24.5 Å². The number of hydrogen-bond acceptors (Lipinski definition) is 5. The summed E-state index contributed by atoms with van der Waals surface area (Å²) in [5.41, 5.74) is -0.301. The van der Waals surface area contributed by atoms with Gasteiger partial charge in [-0.2, -0.15) is 4.98 Å². The first-order valence-corrected chi connectivity index (χ1v) is 5.61. The van der Waals surface area contributed by atoms with Crippen molar-refractivity contribution < 1.29 is 10.2 Å². The number of aliphatic hydroxyl groups excluding tert-OH is 2. The third-order valence-corrected chi connectivity index (χ3v) is 1.97. The quantitative estimate of drug-likeness (QED) is 0.371. The molecule has 0 spiro atoms. The number of aliphatic imine (C=N–C) groups is 1. The second-order valence-electron chi connectivity index (χ2n) is 3.99. The molecular formula is C12H16N4O3. The fourth-order valence-electron chi connectivity index (χ4n) is 1.04. The van der Waals surface area contributed by atoms with Gasteiger partial charge in [-0.05, 0) is 0 Å². The molecule has 102 valence electrons. The average Bonchev–Trinajstić information content (AvgIpc) is 2.38. The van der Waals surface area contributed by atoms with Crippen molar-refractivity contribution in [3.8, 4) is 11.8 Å². The molecule has 0 aliphatic rings. The SMILES string of the molecule is CN(C)C=Nc1nc(=O)c(C#CC[C@H](O)CO)c[nH]1. The summed E-state index contributed by atoms with van der Waals surface area (Å²) in [5.74, 6) is 5.37. The third kappa shape index (κ3) is 5.33.